The number of rotatable bonds is 5. The van der Waals surface area contributed by atoms with Crippen LogP contribution in [0.3, 0.4) is 0 Å². The smallest absolute Gasteiger partial charge is 0.289 e. The third-order valence-electron chi connectivity index (χ3n) is 5.83. The van der Waals surface area contributed by atoms with Gasteiger partial charge in [-0.2, -0.15) is 0 Å². The lowest BCUT2D eigenvalue weighted by Crippen LogP contribution is -2.43. The number of H-pyrrole nitrogens is 1. The Balaban J connectivity index is 1.40. The number of aliphatic imine (C=N–C) groups is 1. The van der Waals surface area contributed by atoms with Gasteiger partial charge in [0, 0.05) is 30.2 Å². The van der Waals surface area contributed by atoms with Gasteiger partial charge in [0.25, 0.3) is 6.02 Å². The minimum atomic E-state index is -1.97. The van der Waals surface area contributed by atoms with E-state index in [1.807, 2.05) is 6.20 Å². The Bertz CT molecular complexity index is 1170. The molecule has 1 aromatic carbocycles. The van der Waals surface area contributed by atoms with Crippen LogP contribution in [-0.4, -0.2) is 46.5 Å². The van der Waals surface area contributed by atoms with Gasteiger partial charge >= 0.3 is 0 Å². The molecule has 168 valence electrons. The van der Waals surface area contributed by atoms with Crippen LogP contribution in [0.2, 0.25) is 0 Å². The largest absolute Gasteiger partial charge is 0.461 e. The van der Waals surface area contributed by atoms with Crippen LogP contribution in [0.15, 0.2) is 35.6 Å². The molecule has 7 nitrogen and oxygen atoms in total. The van der Waals surface area contributed by atoms with Gasteiger partial charge in [0.2, 0.25) is 0 Å². The highest BCUT2D eigenvalue weighted by atomic mass is 19.1. The number of aliphatic hydroxyl groups is 1. The van der Waals surface area contributed by atoms with Crippen molar-refractivity contribution in [3.8, 4) is 11.5 Å². The zero-order valence-electron chi connectivity index (χ0n) is 17.0. The van der Waals surface area contributed by atoms with E-state index in [1.54, 1.807) is 6.07 Å². The number of hydrogen-bond donors (Lipinski definition) is 3. The van der Waals surface area contributed by atoms with Gasteiger partial charge in [-0.1, -0.05) is 6.42 Å². The number of hydrogen-bond acceptors (Lipinski definition) is 6. The number of halogens is 3. The Kier molecular flexibility index (Phi) is 5.16. The molecule has 0 saturated heterocycles. The van der Waals surface area contributed by atoms with E-state index >= 15 is 0 Å². The maximum atomic E-state index is 14.8. The molecule has 1 aliphatic carbocycles. The summed E-state index contributed by atoms with van der Waals surface area (Å²) in [6, 6.07) is 3.57. The van der Waals surface area contributed by atoms with Crippen LogP contribution in [0.25, 0.3) is 11.0 Å². The van der Waals surface area contributed by atoms with Gasteiger partial charge < -0.3 is 24.9 Å². The number of benzene rings is 1. The van der Waals surface area contributed by atoms with E-state index in [9.17, 15) is 13.2 Å². The lowest BCUT2D eigenvalue weighted by molar-refractivity contribution is 0.0181. The third-order valence-corrected chi connectivity index (χ3v) is 5.83. The molecule has 3 heterocycles. The van der Waals surface area contributed by atoms with Gasteiger partial charge in [0.15, 0.2) is 23.1 Å². The topological polar surface area (TPSA) is 91.8 Å². The molecule has 3 aromatic rings. The maximum Gasteiger partial charge on any atom is 0.289 e. The normalized spacial score (nSPS) is 21.1. The molecule has 1 fully saturated rings. The molecule has 0 bridgehead atoms. The van der Waals surface area contributed by atoms with E-state index in [-0.39, 0.29) is 18.3 Å². The number of alkyl halides is 1. The lowest BCUT2D eigenvalue weighted by Gasteiger charge is -2.26. The van der Waals surface area contributed by atoms with Crippen LogP contribution in [0, 0.1) is 11.6 Å². The van der Waals surface area contributed by atoms with Gasteiger partial charge in [0.05, 0.1) is 18.5 Å². The van der Waals surface area contributed by atoms with E-state index in [4.69, 9.17) is 14.6 Å². The number of pyridine rings is 1. The van der Waals surface area contributed by atoms with Gasteiger partial charge in [-0.25, -0.2) is 23.1 Å². The quantitative estimate of drug-likeness (QED) is 0.540. The number of nitrogens with zero attached hydrogens (tertiary/aromatic N) is 2. The van der Waals surface area contributed by atoms with Crippen LogP contribution in [0.5, 0.6) is 11.5 Å². The number of anilines is 1. The zero-order valence-corrected chi connectivity index (χ0v) is 17.0. The Morgan fingerprint density at radius 3 is 2.69 bits per heavy atom. The van der Waals surface area contributed by atoms with Crippen molar-refractivity contribution in [1.29, 1.82) is 0 Å². The summed E-state index contributed by atoms with van der Waals surface area (Å²) in [4.78, 5) is 11.2. The molecule has 2 aromatic heterocycles. The van der Waals surface area contributed by atoms with E-state index in [0.717, 1.165) is 42.3 Å². The number of aromatic nitrogens is 2. The molecule has 0 unspecified atom stereocenters. The second kappa shape index (κ2) is 8.01. The highest BCUT2D eigenvalue weighted by molar-refractivity contribution is 5.90. The fourth-order valence-electron chi connectivity index (χ4n) is 3.81. The molecular formula is C22H21F3N4O3. The maximum absolute atomic E-state index is 14.8. The van der Waals surface area contributed by atoms with E-state index in [0.29, 0.717) is 17.3 Å². The summed E-state index contributed by atoms with van der Waals surface area (Å²) in [7, 11) is 0. The molecule has 32 heavy (non-hydrogen) atoms. The van der Waals surface area contributed by atoms with Crippen molar-refractivity contribution in [1.82, 2.24) is 9.97 Å². The summed E-state index contributed by atoms with van der Waals surface area (Å²) >= 11 is 0. The van der Waals surface area contributed by atoms with Crippen molar-refractivity contribution in [3.05, 3.63) is 47.8 Å². The first-order valence-electron chi connectivity index (χ1n) is 10.3. The highest BCUT2D eigenvalue weighted by Gasteiger charge is 2.34. The predicted molar refractivity (Wildman–Crippen MR) is 112 cm³/mol. The summed E-state index contributed by atoms with van der Waals surface area (Å²) in [6.07, 6.45) is 6.64. The molecular weight excluding hydrogens is 425 g/mol. The van der Waals surface area contributed by atoms with E-state index < -0.39 is 36.3 Å². The minimum absolute atomic E-state index is 0.0260. The SMILES string of the molecule is OC[C@]1(F)CN=C(Nc2cc(F)c(Oc3ccnc4[nH]cc(C5CCC5)c34)c(F)c2)OC1. The number of aliphatic hydroxyl groups excluding tert-OH is 1. The lowest BCUT2D eigenvalue weighted by atomic mass is 9.80. The molecule has 5 rings (SSSR count). The number of fused-ring (bicyclic) bond motifs is 1. The zero-order chi connectivity index (χ0) is 22.3. The minimum Gasteiger partial charge on any atom is -0.461 e. The Hall–Kier alpha value is -3.27. The van der Waals surface area contributed by atoms with Crippen LogP contribution in [0.1, 0.15) is 30.7 Å². The monoisotopic (exact) mass is 446 g/mol. The molecule has 1 saturated carbocycles. The number of amidine groups is 1. The molecule has 1 atom stereocenters. The van der Waals surface area contributed by atoms with Crippen molar-refractivity contribution in [2.24, 2.45) is 4.99 Å². The first-order chi connectivity index (χ1) is 15.5. The molecule has 2 aliphatic rings. The van der Waals surface area contributed by atoms with Crippen molar-refractivity contribution in [2.75, 3.05) is 25.1 Å². The van der Waals surface area contributed by atoms with Crippen molar-refractivity contribution in [2.45, 2.75) is 30.8 Å². The summed E-state index contributed by atoms with van der Waals surface area (Å²) in [5.41, 5.74) is -0.306. The van der Waals surface area contributed by atoms with E-state index in [1.165, 1.54) is 6.20 Å². The number of nitrogens with one attached hydrogen (secondary N) is 2. The summed E-state index contributed by atoms with van der Waals surface area (Å²) in [6.45, 7) is -1.47. The third kappa shape index (κ3) is 3.75. The van der Waals surface area contributed by atoms with E-state index in [2.05, 4.69) is 20.3 Å². The first kappa shape index (κ1) is 20.6. The van der Waals surface area contributed by atoms with Gasteiger partial charge in [-0.05, 0) is 30.4 Å². The molecule has 1 aliphatic heterocycles. The fraction of sp³-hybridized carbons (Fsp3) is 0.364. The average Bonchev–Trinajstić information content (AvgIpc) is 3.16. The summed E-state index contributed by atoms with van der Waals surface area (Å²) in [5, 5.41) is 12.3. The summed E-state index contributed by atoms with van der Waals surface area (Å²) in [5.74, 6) is -1.70. The Morgan fingerprint density at radius 1 is 1.28 bits per heavy atom. The van der Waals surface area contributed by atoms with Crippen molar-refractivity contribution in [3.63, 3.8) is 0 Å². The van der Waals surface area contributed by atoms with Crippen LogP contribution >= 0.6 is 0 Å². The number of aromatic amines is 1. The molecule has 10 heteroatoms. The number of ether oxygens (including phenoxy) is 2. The fourth-order valence-corrected chi connectivity index (χ4v) is 3.81. The molecule has 0 radical (unpaired) electrons. The molecule has 3 N–H and O–H groups in total. The van der Waals surface area contributed by atoms with Crippen LogP contribution in [0.4, 0.5) is 18.9 Å². The molecule has 0 amide bonds. The van der Waals surface area contributed by atoms with Crippen LogP contribution < -0.4 is 10.1 Å². The standard InChI is InChI=1S/C22H21F3N4O3/c23-15-6-13(29-21-28-9-22(25,10-30)11-31-21)7-16(24)19(15)32-17-4-5-26-20-18(17)14(8-27-20)12-2-1-3-12/h4-8,12,30H,1-3,9-11H2,(H,26,27)(H,28,29)/t22-/m1/s1. The second-order valence-corrected chi connectivity index (χ2v) is 8.12. The van der Waals surface area contributed by atoms with Crippen LogP contribution in [-0.2, 0) is 4.74 Å². The first-order valence-corrected chi connectivity index (χ1v) is 10.3. The molecule has 0 spiro atoms. The van der Waals surface area contributed by atoms with Gasteiger partial charge in [-0.15, -0.1) is 0 Å². The average molecular weight is 446 g/mol. The summed E-state index contributed by atoms with van der Waals surface area (Å²) < 4.78 is 54.3. The van der Waals surface area contributed by atoms with Gasteiger partial charge in [-0.3, -0.25) is 0 Å². The van der Waals surface area contributed by atoms with Gasteiger partial charge in [0.1, 0.15) is 18.0 Å². The highest BCUT2D eigenvalue weighted by Crippen LogP contribution is 2.43. The predicted octanol–water partition coefficient (Wildman–Crippen LogP) is 4.40. The van der Waals surface area contributed by atoms with Crippen molar-refractivity contribution < 1.29 is 27.8 Å². The van der Waals surface area contributed by atoms with Crippen molar-refractivity contribution >= 4 is 22.7 Å². The second-order valence-electron chi connectivity index (χ2n) is 8.12. The Labute approximate surface area is 181 Å². The Morgan fingerprint density at radius 2 is 2.06 bits per heavy atom.